The van der Waals surface area contributed by atoms with Crippen LogP contribution in [0, 0.1) is 0 Å². The van der Waals surface area contributed by atoms with Crippen molar-refractivity contribution >= 4 is 0 Å². The van der Waals surface area contributed by atoms with Crippen LogP contribution in [0.1, 0.15) is 20.3 Å². The lowest BCUT2D eigenvalue weighted by Crippen LogP contribution is -2.41. The predicted molar refractivity (Wildman–Crippen MR) is 33.8 cm³/mol. The summed E-state index contributed by atoms with van der Waals surface area (Å²) in [4.78, 5) is 0. The zero-order valence-electron chi connectivity index (χ0n) is 6.13. The minimum absolute atomic E-state index is 0.0946. The van der Waals surface area contributed by atoms with Crippen molar-refractivity contribution in [1.29, 1.82) is 0 Å². The summed E-state index contributed by atoms with van der Waals surface area (Å²) in [5.74, 6) is 0. The van der Waals surface area contributed by atoms with Crippen LogP contribution < -0.4 is 5.32 Å². The molecule has 0 aromatic rings. The van der Waals surface area contributed by atoms with E-state index in [1.165, 1.54) is 6.92 Å². The quantitative estimate of drug-likeness (QED) is 0.656. The van der Waals surface area contributed by atoms with Gasteiger partial charge < -0.3 is 5.32 Å². The van der Waals surface area contributed by atoms with E-state index in [4.69, 9.17) is 0 Å². The Morgan fingerprint density at radius 1 is 1.30 bits per heavy atom. The maximum Gasteiger partial charge on any atom is 0.403 e. The Balaban J connectivity index is 3.81. The number of rotatable bonds is 3. The van der Waals surface area contributed by atoms with Crippen LogP contribution in [-0.4, -0.2) is 18.8 Å². The van der Waals surface area contributed by atoms with Crippen LogP contribution in [0.2, 0.25) is 0 Å². The minimum Gasteiger partial charge on any atom is -0.306 e. The van der Waals surface area contributed by atoms with Crippen molar-refractivity contribution in [2.45, 2.75) is 32.5 Å². The molecule has 1 N–H and O–H groups in total. The second kappa shape index (κ2) is 3.81. The summed E-state index contributed by atoms with van der Waals surface area (Å²) in [6.07, 6.45) is -4.00. The summed E-state index contributed by atoms with van der Waals surface area (Å²) in [7, 11) is 0. The predicted octanol–water partition coefficient (Wildman–Crippen LogP) is 1.94. The standard InChI is InChI=1S/C6H12F3N/c1-3-5(10-4-2)6(7,8)9/h5,10H,3-4H2,1-2H3. The fraction of sp³-hybridized carbons (Fsp3) is 1.00. The van der Waals surface area contributed by atoms with Crippen molar-refractivity contribution in [3.63, 3.8) is 0 Å². The molecule has 10 heavy (non-hydrogen) atoms. The molecule has 0 aromatic heterocycles. The van der Waals surface area contributed by atoms with Gasteiger partial charge in [0, 0.05) is 0 Å². The average molecular weight is 155 g/mol. The Morgan fingerprint density at radius 2 is 1.80 bits per heavy atom. The fourth-order valence-electron chi connectivity index (χ4n) is 0.738. The van der Waals surface area contributed by atoms with Crippen molar-refractivity contribution < 1.29 is 13.2 Å². The molecule has 4 heteroatoms. The van der Waals surface area contributed by atoms with Gasteiger partial charge in [0.25, 0.3) is 0 Å². The van der Waals surface area contributed by atoms with Crippen molar-refractivity contribution in [3.05, 3.63) is 0 Å². The van der Waals surface area contributed by atoms with Gasteiger partial charge in [-0.1, -0.05) is 13.8 Å². The van der Waals surface area contributed by atoms with E-state index in [0.29, 0.717) is 6.54 Å². The molecule has 1 unspecified atom stereocenters. The molecule has 0 heterocycles. The molecule has 0 saturated carbocycles. The van der Waals surface area contributed by atoms with Gasteiger partial charge in [-0.2, -0.15) is 13.2 Å². The van der Waals surface area contributed by atoms with E-state index >= 15 is 0 Å². The van der Waals surface area contributed by atoms with Crippen LogP contribution in [-0.2, 0) is 0 Å². The molecule has 0 aliphatic carbocycles. The van der Waals surface area contributed by atoms with E-state index < -0.39 is 12.2 Å². The lowest BCUT2D eigenvalue weighted by Gasteiger charge is -2.18. The van der Waals surface area contributed by atoms with Gasteiger partial charge in [-0.25, -0.2) is 0 Å². The first-order valence-corrected chi connectivity index (χ1v) is 3.32. The number of hydrogen-bond acceptors (Lipinski definition) is 1. The van der Waals surface area contributed by atoms with Crippen molar-refractivity contribution in [2.24, 2.45) is 0 Å². The summed E-state index contributed by atoms with van der Waals surface area (Å²) in [6.45, 7) is 3.53. The van der Waals surface area contributed by atoms with Crippen molar-refractivity contribution in [3.8, 4) is 0 Å². The van der Waals surface area contributed by atoms with E-state index in [-0.39, 0.29) is 6.42 Å². The normalized spacial score (nSPS) is 15.3. The molecular weight excluding hydrogens is 143 g/mol. The highest BCUT2D eigenvalue weighted by Crippen LogP contribution is 2.21. The van der Waals surface area contributed by atoms with Gasteiger partial charge in [0.1, 0.15) is 6.04 Å². The third-order valence-corrected chi connectivity index (χ3v) is 1.25. The third kappa shape index (κ3) is 3.06. The number of alkyl halides is 3. The number of nitrogens with one attached hydrogen (secondary N) is 1. The zero-order valence-corrected chi connectivity index (χ0v) is 6.13. The lowest BCUT2D eigenvalue weighted by atomic mass is 10.2. The molecule has 0 bridgehead atoms. The van der Waals surface area contributed by atoms with E-state index in [0.717, 1.165) is 0 Å². The summed E-state index contributed by atoms with van der Waals surface area (Å²) in [6, 6.07) is -1.34. The summed E-state index contributed by atoms with van der Waals surface area (Å²) >= 11 is 0. The fourth-order valence-corrected chi connectivity index (χ4v) is 0.738. The Bertz CT molecular complexity index is 89.5. The van der Waals surface area contributed by atoms with E-state index in [9.17, 15) is 13.2 Å². The molecular formula is C6H12F3N. The summed E-state index contributed by atoms with van der Waals surface area (Å²) in [5, 5.41) is 2.35. The second-order valence-electron chi connectivity index (χ2n) is 2.06. The maximum atomic E-state index is 11.8. The zero-order chi connectivity index (χ0) is 8.20. The second-order valence-corrected chi connectivity index (χ2v) is 2.06. The van der Waals surface area contributed by atoms with Crippen LogP contribution in [0.5, 0.6) is 0 Å². The summed E-state index contributed by atoms with van der Waals surface area (Å²) in [5.41, 5.74) is 0. The molecule has 0 aliphatic heterocycles. The topological polar surface area (TPSA) is 12.0 Å². The number of hydrogen-bond donors (Lipinski definition) is 1. The van der Waals surface area contributed by atoms with Gasteiger partial charge in [-0.3, -0.25) is 0 Å². The van der Waals surface area contributed by atoms with Crippen molar-refractivity contribution in [2.75, 3.05) is 6.54 Å². The van der Waals surface area contributed by atoms with Gasteiger partial charge in [-0.05, 0) is 13.0 Å². The Labute approximate surface area is 58.6 Å². The van der Waals surface area contributed by atoms with Gasteiger partial charge in [-0.15, -0.1) is 0 Å². The van der Waals surface area contributed by atoms with Crippen LogP contribution in [0.15, 0.2) is 0 Å². The molecule has 0 fully saturated rings. The molecule has 1 nitrogen and oxygen atoms in total. The van der Waals surface area contributed by atoms with Gasteiger partial charge in [0.2, 0.25) is 0 Å². The molecule has 0 rings (SSSR count). The first-order valence-electron chi connectivity index (χ1n) is 3.32. The largest absolute Gasteiger partial charge is 0.403 e. The van der Waals surface area contributed by atoms with E-state index in [1.54, 1.807) is 6.92 Å². The molecule has 0 radical (unpaired) electrons. The van der Waals surface area contributed by atoms with Crippen LogP contribution in [0.3, 0.4) is 0 Å². The first-order chi connectivity index (χ1) is 4.52. The third-order valence-electron chi connectivity index (χ3n) is 1.25. The van der Waals surface area contributed by atoms with Crippen LogP contribution in [0.25, 0.3) is 0 Å². The van der Waals surface area contributed by atoms with Gasteiger partial charge >= 0.3 is 6.18 Å². The molecule has 0 saturated heterocycles. The number of halogens is 3. The molecule has 0 aromatic carbocycles. The highest BCUT2D eigenvalue weighted by atomic mass is 19.4. The Kier molecular flexibility index (Phi) is 3.71. The SMILES string of the molecule is CCNC(CC)C(F)(F)F. The highest BCUT2D eigenvalue weighted by Gasteiger charge is 2.37. The van der Waals surface area contributed by atoms with Crippen LogP contribution >= 0.6 is 0 Å². The first kappa shape index (κ1) is 9.75. The Hall–Kier alpha value is -0.250. The highest BCUT2D eigenvalue weighted by molar-refractivity contribution is 4.71. The van der Waals surface area contributed by atoms with E-state index in [1.807, 2.05) is 0 Å². The molecule has 0 amide bonds. The van der Waals surface area contributed by atoms with E-state index in [2.05, 4.69) is 5.32 Å². The van der Waals surface area contributed by atoms with Gasteiger partial charge in [0.05, 0.1) is 0 Å². The monoisotopic (exact) mass is 155 g/mol. The minimum atomic E-state index is -4.09. The maximum absolute atomic E-state index is 11.8. The molecule has 0 aliphatic rings. The lowest BCUT2D eigenvalue weighted by molar-refractivity contribution is -0.156. The molecule has 0 spiro atoms. The Morgan fingerprint density at radius 3 is 1.90 bits per heavy atom. The molecule has 1 atom stereocenters. The van der Waals surface area contributed by atoms with Crippen molar-refractivity contribution in [1.82, 2.24) is 5.32 Å². The van der Waals surface area contributed by atoms with Crippen LogP contribution in [0.4, 0.5) is 13.2 Å². The smallest absolute Gasteiger partial charge is 0.306 e. The molecule has 62 valence electrons. The summed E-state index contributed by atoms with van der Waals surface area (Å²) < 4.78 is 35.5. The average Bonchev–Trinajstić information content (AvgIpc) is 1.80. The van der Waals surface area contributed by atoms with Gasteiger partial charge in [0.15, 0.2) is 0 Å².